The molecular weight excluding hydrogens is 350 g/mol. The molecule has 3 aromatic rings. The normalized spacial score (nSPS) is 15.5. The second-order valence-corrected chi connectivity index (χ2v) is 9.93. The maximum absolute atomic E-state index is 8.99. The molecule has 0 saturated heterocycles. The maximum Gasteiger partial charge on any atom is 0.0454 e. The van der Waals surface area contributed by atoms with E-state index < -0.39 is 5.89 Å². The highest BCUT2D eigenvalue weighted by molar-refractivity contribution is 5.85. The summed E-state index contributed by atoms with van der Waals surface area (Å²) in [4.78, 5) is 2.40. The van der Waals surface area contributed by atoms with E-state index in [0.29, 0.717) is 0 Å². The van der Waals surface area contributed by atoms with Gasteiger partial charge >= 0.3 is 0 Å². The van der Waals surface area contributed by atoms with Gasteiger partial charge in [-0.25, -0.2) is 0 Å². The Labute approximate surface area is 177 Å². The molecule has 1 heteroatoms. The van der Waals surface area contributed by atoms with Gasteiger partial charge in [0.1, 0.15) is 0 Å². The van der Waals surface area contributed by atoms with E-state index in [2.05, 4.69) is 106 Å². The number of hydrogen-bond acceptors (Lipinski definition) is 1. The summed E-state index contributed by atoms with van der Waals surface area (Å²) in [5.41, 5.74) is 8.44. The van der Waals surface area contributed by atoms with Gasteiger partial charge in [0.05, 0.1) is 0 Å². The van der Waals surface area contributed by atoms with E-state index in [1.807, 2.05) is 13.8 Å². The van der Waals surface area contributed by atoms with E-state index >= 15 is 0 Å². The fraction of sp³-hybridized carbons (Fsp3) is 0.357. The van der Waals surface area contributed by atoms with Gasteiger partial charge in [0.2, 0.25) is 0 Å². The van der Waals surface area contributed by atoms with Gasteiger partial charge in [-0.1, -0.05) is 70.2 Å². The van der Waals surface area contributed by atoms with Gasteiger partial charge < -0.3 is 4.90 Å². The number of nitrogens with zero attached hydrogens (tertiary/aromatic N) is 1. The first-order chi connectivity index (χ1) is 13.9. The third-order valence-corrected chi connectivity index (χ3v) is 6.16. The summed E-state index contributed by atoms with van der Waals surface area (Å²) in [7, 11) is 0. The molecule has 0 fully saturated rings. The van der Waals surface area contributed by atoms with Crippen LogP contribution in [-0.2, 0) is 5.41 Å². The van der Waals surface area contributed by atoms with Gasteiger partial charge in [-0.2, -0.15) is 0 Å². The van der Waals surface area contributed by atoms with Crippen LogP contribution in [0.5, 0.6) is 0 Å². The van der Waals surface area contributed by atoms with Crippen molar-refractivity contribution in [2.45, 2.75) is 65.3 Å². The van der Waals surface area contributed by atoms with E-state index in [1.165, 1.54) is 22.3 Å². The van der Waals surface area contributed by atoms with Crippen molar-refractivity contribution in [1.82, 2.24) is 0 Å². The van der Waals surface area contributed by atoms with Gasteiger partial charge in [-0.15, -0.1) is 0 Å². The fourth-order valence-electron chi connectivity index (χ4n) is 4.79. The number of fused-ring (bicyclic) bond motifs is 3. The molecule has 0 amide bonds. The molecule has 0 atom stereocenters. The molecule has 0 aromatic heterocycles. The molecule has 0 heterocycles. The van der Waals surface area contributed by atoms with Crippen molar-refractivity contribution in [3.8, 4) is 11.1 Å². The predicted octanol–water partition coefficient (Wildman–Crippen LogP) is 8.05. The highest BCUT2D eigenvalue weighted by atomic mass is 15.2. The second kappa shape index (κ2) is 6.76. The molecular formula is C28H33N. The molecule has 0 bridgehead atoms. The first kappa shape index (κ1) is 18.5. The van der Waals surface area contributed by atoms with Gasteiger partial charge in [0.25, 0.3) is 0 Å². The predicted molar refractivity (Wildman–Crippen MR) is 126 cm³/mol. The average molecular weight is 385 g/mol. The Balaban J connectivity index is 2.06. The van der Waals surface area contributed by atoms with Crippen LogP contribution in [0.3, 0.4) is 0 Å². The summed E-state index contributed by atoms with van der Waals surface area (Å²) in [5.74, 6) is -0.718. The van der Waals surface area contributed by atoms with Crippen LogP contribution in [0.4, 0.5) is 11.4 Å². The van der Waals surface area contributed by atoms with Crippen molar-refractivity contribution in [2.75, 3.05) is 4.90 Å². The molecule has 1 aliphatic carbocycles. The van der Waals surface area contributed by atoms with E-state index in [1.54, 1.807) is 0 Å². The molecule has 1 nitrogen and oxygen atoms in total. The van der Waals surface area contributed by atoms with Crippen molar-refractivity contribution in [3.63, 3.8) is 0 Å². The van der Waals surface area contributed by atoms with Crippen LogP contribution in [-0.4, -0.2) is 5.54 Å². The van der Waals surface area contributed by atoms with Crippen molar-refractivity contribution in [2.24, 2.45) is 0 Å². The molecule has 150 valence electrons. The van der Waals surface area contributed by atoms with Gasteiger partial charge in [0, 0.05) is 23.7 Å². The molecule has 0 spiro atoms. The highest BCUT2D eigenvalue weighted by Gasteiger charge is 2.37. The molecule has 0 N–H and O–H groups in total. The van der Waals surface area contributed by atoms with Crippen molar-refractivity contribution in [3.05, 3.63) is 83.4 Å². The Morgan fingerprint density at radius 3 is 2.07 bits per heavy atom. The van der Waals surface area contributed by atoms with Crippen LogP contribution in [0, 0.1) is 0 Å². The Bertz CT molecular complexity index is 1080. The summed E-state index contributed by atoms with van der Waals surface area (Å²) in [5, 5.41) is 0. The summed E-state index contributed by atoms with van der Waals surface area (Å²) in [6, 6.07) is 23.9. The van der Waals surface area contributed by atoms with Crippen LogP contribution in [0.15, 0.2) is 66.7 Å². The topological polar surface area (TPSA) is 3.24 Å². The van der Waals surface area contributed by atoms with E-state index in [9.17, 15) is 0 Å². The van der Waals surface area contributed by atoms with Crippen molar-refractivity contribution < 1.29 is 1.37 Å². The maximum atomic E-state index is 8.99. The zero-order valence-electron chi connectivity index (χ0n) is 19.8. The summed E-state index contributed by atoms with van der Waals surface area (Å²) >= 11 is 0. The SMILES string of the molecule is [2H]C(C)(C)c1cc2c(cc1N(c1ccccc1)C(C)(C)C)C(C)(C)c1ccccc1-2. The number of benzene rings is 3. The molecule has 3 aromatic carbocycles. The van der Waals surface area contributed by atoms with Crippen molar-refractivity contribution in [1.29, 1.82) is 0 Å². The second-order valence-electron chi connectivity index (χ2n) is 9.93. The third-order valence-electron chi connectivity index (χ3n) is 6.16. The Morgan fingerprint density at radius 2 is 1.45 bits per heavy atom. The van der Waals surface area contributed by atoms with Crippen LogP contribution in [0.2, 0.25) is 0 Å². The molecule has 0 saturated carbocycles. The minimum absolute atomic E-state index is 0.0639. The summed E-state index contributed by atoms with van der Waals surface area (Å²) < 4.78 is 8.99. The smallest absolute Gasteiger partial charge is 0.0454 e. The number of para-hydroxylation sites is 1. The highest BCUT2D eigenvalue weighted by Crippen LogP contribution is 2.52. The quantitative estimate of drug-likeness (QED) is 0.441. The lowest BCUT2D eigenvalue weighted by Gasteiger charge is -2.40. The minimum atomic E-state index is -0.718. The lowest BCUT2D eigenvalue weighted by molar-refractivity contribution is 0.556. The Hall–Kier alpha value is -2.54. The fourth-order valence-corrected chi connectivity index (χ4v) is 4.79. The Kier molecular flexibility index (Phi) is 4.31. The van der Waals surface area contributed by atoms with E-state index in [-0.39, 0.29) is 11.0 Å². The molecule has 29 heavy (non-hydrogen) atoms. The monoisotopic (exact) mass is 384 g/mol. The third kappa shape index (κ3) is 3.17. The standard InChI is InChI=1S/C28H33N/c1-19(2)22-17-23-21-15-11-12-16-24(21)28(6,7)25(23)18-26(22)29(27(3,4)5)20-13-9-8-10-14-20/h8-19H,1-7H3/i19D. The van der Waals surface area contributed by atoms with E-state index in [4.69, 9.17) is 1.37 Å². The lowest BCUT2D eigenvalue weighted by atomic mass is 9.81. The zero-order valence-corrected chi connectivity index (χ0v) is 18.8. The van der Waals surface area contributed by atoms with Crippen LogP contribution < -0.4 is 4.90 Å². The van der Waals surface area contributed by atoms with Crippen molar-refractivity contribution >= 4 is 11.4 Å². The average Bonchev–Trinajstić information content (AvgIpc) is 2.88. The number of anilines is 2. The lowest BCUT2D eigenvalue weighted by Crippen LogP contribution is -2.38. The minimum Gasteiger partial charge on any atom is -0.336 e. The van der Waals surface area contributed by atoms with Crippen LogP contribution in [0.25, 0.3) is 11.1 Å². The van der Waals surface area contributed by atoms with Gasteiger partial charge in [0.15, 0.2) is 0 Å². The zero-order chi connectivity index (χ0) is 21.9. The largest absolute Gasteiger partial charge is 0.336 e. The molecule has 0 aliphatic heterocycles. The van der Waals surface area contributed by atoms with Crippen LogP contribution >= 0.6 is 0 Å². The number of rotatable bonds is 3. The summed E-state index contributed by atoms with van der Waals surface area (Å²) in [6.07, 6.45) is 0. The molecule has 0 unspecified atom stereocenters. The van der Waals surface area contributed by atoms with Gasteiger partial charge in [-0.05, 0) is 78.7 Å². The van der Waals surface area contributed by atoms with Crippen LogP contribution in [0.1, 0.15) is 72.4 Å². The molecule has 0 radical (unpaired) electrons. The molecule has 1 aliphatic rings. The number of hydrogen-bond donors (Lipinski definition) is 0. The van der Waals surface area contributed by atoms with E-state index in [0.717, 1.165) is 16.9 Å². The Morgan fingerprint density at radius 1 is 0.828 bits per heavy atom. The van der Waals surface area contributed by atoms with Gasteiger partial charge in [-0.3, -0.25) is 0 Å². The first-order valence-corrected chi connectivity index (χ1v) is 10.6. The summed E-state index contributed by atoms with van der Waals surface area (Å²) in [6.45, 7) is 15.4. The molecule has 4 rings (SSSR count). The first-order valence-electron chi connectivity index (χ1n) is 11.1.